The highest BCUT2D eigenvalue weighted by Crippen LogP contribution is 2.21. The molecule has 0 spiro atoms. The molecule has 4 nitrogen and oxygen atoms in total. The molecule has 0 unspecified atom stereocenters. The maximum atomic E-state index is 11.4. The van der Waals surface area contributed by atoms with Gasteiger partial charge in [-0.2, -0.15) is 9.16 Å². The fourth-order valence-corrected chi connectivity index (χ4v) is 1.94. The third-order valence-corrected chi connectivity index (χ3v) is 2.67. The maximum absolute atomic E-state index is 11.4. The Morgan fingerprint density at radius 3 is 3.07 bits per heavy atom. The molecular weight excluding hydrogens is 198 g/mol. The molecule has 0 aliphatic rings. The minimum atomic E-state index is -0.328. The van der Waals surface area contributed by atoms with Gasteiger partial charge < -0.3 is 5.53 Å². The second kappa shape index (κ2) is 3.49. The van der Waals surface area contributed by atoms with Gasteiger partial charge in [-0.3, -0.25) is 4.79 Å². The number of hydrogen-bond acceptors (Lipinski definition) is 3. The molecule has 68 valence electrons. The van der Waals surface area contributed by atoms with Crippen molar-refractivity contribution in [2.45, 2.75) is 0 Å². The van der Waals surface area contributed by atoms with Crippen molar-refractivity contribution in [3.8, 4) is 0 Å². The molecule has 0 aliphatic carbocycles. The molecule has 0 saturated carbocycles. The number of benzene rings is 1. The zero-order chi connectivity index (χ0) is 9.97. The van der Waals surface area contributed by atoms with Crippen molar-refractivity contribution in [2.24, 2.45) is 0 Å². The van der Waals surface area contributed by atoms with E-state index in [1.165, 1.54) is 0 Å². The van der Waals surface area contributed by atoms with Crippen molar-refractivity contribution in [3.05, 3.63) is 34.7 Å². The minimum absolute atomic E-state index is 0.328. The van der Waals surface area contributed by atoms with Gasteiger partial charge >= 0.3 is 6.21 Å². The van der Waals surface area contributed by atoms with E-state index in [9.17, 15) is 4.79 Å². The third-order valence-electron chi connectivity index (χ3n) is 1.78. The Balaban J connectivity index is 2.64. The Hall–Kier alpha value is -1.84. The average molecular weight is 203 g/mol. The van der Waals surface area contributed by atoms with Crippen LogP contribution in [0.5, 0.6) is 0 Å². The number of fused-ring (bicyclic) bond motifs is 1. The summed E-state index contributed by atoms with van der Waals surface area (Å²) < 4.78 is 4.10. The smallest absolute Gasteiger partial charge is 0.329 e. The van der Waals surface area contributed by atoms with Crippen LogP contribution in [0.4, 0.5) is 0 Å². The van der Waals surface area contributed by atoms with E-state index < -0.39 is 0 Å². The highest BCUT2D eigenvalue weighted by molar-refractivity contribution is 7.10. The van der Waals surface area contributed by atoms with Crippen LogP contribution < -0.4 is 0 Å². The fraction of sp³-hybridized carbons (Fsp3) is 0. The third kappa shape index (κ3) is 1.35. The van der Waals surface area contributed by atoms with Crippen LogP contribution in [0.1, 0.15) is 9.67 Å². The second-order valence-corrected chi connectivity index (χ2v) is 3.41. The molecule has 0 bridgehead atoms. The van der Waals surface area contributed by atoms with E-state index in [-0.39, 0.29) is 5.78 Å². The van der Waals surface area contributed by atoms with Gasteiger partial charge in [0.2, 0.25) is 0 Å². The maximum Gasteiger partial charge on any atom is 0.329 e. The number of carbonyl (C=O) groups excluding carboxylic acids is 1. The number of rotatable bonds is 2. The number of nitrogens with zero attached hydrogens (tertiary/aromatic N) is 3. The van der Waals surface area contributed by atoms with Crippen molar-refractivity contribution in [3.63, 3.8) is 0 Å². The predicted molar refractivity (Wildman–Crippen MR) is 53.6 cm³/mol. The van der Waals surface area contributed by atoms with Crippen molar-refractivity contribution in [2.75, 3.05) is 0 Å². The standard InChI is InChI=1S/C9H5N3OS/c10-11-5-8(13)9-6-3-1-2-4-7(6)12-14-9/h1-5H. The summed E-state index contributed by atoms with van der Waals surface area (Å²) in [4.78, 5) is 14.6. The molecule has 5 heteroatoms. The first-order chi connectivity index (χ1) is 6.83. The van der Waals surface area contributed by atoms with Crippen molar-refractivity contribution < 1.29 is 9.58 Å². The molecule has 0 fully saturated rings. The lowest BCUT2D eigenvalue weighted by atomic mass is 10.2. The Morgan fingerprint density at radius 2 is 2.29 bits per heavy atom. The summed E-state index contributed by atoms with van der Waals surface area (Å²) in [5, 5.41) is 0.794. The van der Waals surface area contributed by atoms with Crippen LogP contribution in [0.25, 0.3) is 16.4 Å². The fourth-order valence-electron chi connectivity index (χ4n) is 1.18. The van der Waals surface area contributed by atoms with Gasteiger partial charge in [-0.25, -0.2) is 0 Å². The molecule has 2 rings (SSSR count). The summed E-state index contributed by atoms with van der Waals surface area (Å²) in [5.74, 6) is -0.328. The first kappa shape index (κ1) is 8.74. The van der Waals surface area contributed by atoms with Crippen LogP contribution in [0.15, 0.2) is 24.3 Å². The van der Waals surface area contributed by atoms with Crippen LogP contribution in [0.3, 0.4) is 0 Å². The Bertz CT molecular complexity index is 540. The molecule has 0 aliphatic heterocycles. The highest BCUT2D eigenvalue weighted by Gasteiger charge is 2.14. The Morgan fingerprint density at radius 1 is 1.50 bits per heavy atom. The SMILES string of the molecule is [N-]=[N+]=CC(=O)c1snc2ccccc12. The van der Waals surface area contributed by atoms with Gasteiger partial charge in [0.15, 0.2) is 0 Å². The van der Waals surface area contributed by atoms with Gasteiger partial charge in [0.05, 0.1) is 5.52 Å². The number of hydrogen-bond donors (Lipinski definition) is 0. The molecule has 0 radical (unpaired) electrons. The summed E-state index contributed by atoms with van der Waals surface area (Å²) in [5.41, 5.74) is 9.02. The predicted octanol–water partition coefficient (Wildman–Crippen LogP) is 1.78. The number of carbonyl (C=O) groups is 1. The van der Waals surface area contributed by atoms with E-state index in [0.29, 0.717) is 4.88 Å². The molecule has 0 atom stereocenters. The highest BCUT2D eigenvalue weighted by atomic mass is 32.1. The first-order valence-corrected chi connectivity index (χ1v) is 4.66. The van der Waals surface area contributed by atoms with E-state index in [0.717, 1.165) is 28.7 Å². The summed E-state index contributed by atoms with van der Waals surface area (Å²) in [6.45, 7) is 0. The Labute approximate surface area is 83.6 Å². The monoisotopic (exact) mass is 203 g/mol. The van der Waals surface area contributed by atoms with Crippen molar-refractivity contribution in [1.82, 2.24) is 4.37 Å². The van der Waals surface area contributed by atoms with Crippen LogP contribution in [0, 0.1) is 0 Å². The van der Waals surface area contributed by atoms with Crippen LogP contribution >= 0.6 is 11.5 Å². The zero-order valence-corrected chi connectivity index (χ0v) is 7.86. The molecule has 14 heavy (non-hydrogen) atoms. The van der Waals surface area contributed by atoms with E-state index >= 15 is 0 Å². The van der Waals surface area contributed by atoms with Crippen molar-refractivity contribution in [1.29, 1.82) is 0 Å². The quantitative estimate of drug-likeness (QED) is 0.323. The van der Waals surface area contributed by atoms with Crippen LogP contribution in [0.2, 0.25) is 0 Å². The topological polar surface area (TPSA) is 66.4 Å². The number of aromatic nitrogens is 1. The van der Waals surface area contributed by atoms with E-state index in [4.69, 9.17) is 5.53 Å². The number of ketones is 1. The van der Waals surface area contributed by atoms with Crippen LogP contribution in [-0.4, -0.2) is 21.2 Å². The average Bonchev–Trinajstić information content (AvgIpc) is 2.61. The molecular formula is C9H5N3OS. The summed E-state index contributed by atoms with van der Waals surface area (Å²) >= 11 is 1.11. The van der Waals surface area contributed by atoms with E-state index in [1.54, 1.807) is 0 Å². The molecule has 1 aromatic heterocycles. The minimum Gasteiger partial charge on any atom is -0.361 e. The normalized spacial score (nSPS) is 9.71. The Kier molecular flexibility index (Phi) is 2.18. The van der Waals surface area contributed by atoms with Gasteiger partial charge in [0.25, 0.3) is 5.78 Å². The molecule has 1 aromatic carbocycles. The van der Waals surface area contributed by atoms with Crippen molar-refractivity contribution >= 4 is 34.4 Å². The second-order valence-electron chi connectivity index (χ2n) is 2.64. The van der Waals surface area contributed by atoms with Gasteiger partial charge in [-0.05, 0) is 17.6 Å². The lowest BCUT2D eigenvalue weighted by molar-refractivity contribution is 0.00240. The van der Waals surface area contributed by atoms with E-state index in [1.807, 2.05) is 24.3 Å². The van der Waals surface area contributed by atoms with Crippen LogP contribution in [-0.2, 0) is 0 Å². The van der Waals surface area contributed by atoms with E-state index in [2.05, 4.69) is 9.16 Å². The lowest BCUT2D eigenvalue weighted by Gasteiger charge is -1.86. The zero-order valence-electron chi connectivity index (χ0n) is 7.04. The summed E-state index contributed by atoms with van der Waals surface area (Å²) in [6, 6.07) is 7.34. The lowest BCUT2D eigenvalue weighted by Crippen LogP contribution is -1.97. The molecule has 1 heterocycles. The van der Waals surface area contributed by atoms with Gasteiger partial charge in [0.1, 0.15) is 4.88 Å². The molecule has 0 saturated heterocycles. The number of Topliss-reactive ketones (excluding diaryl/α,β-unsaturated/α-hetero) is 1. The largest absolute Gasteiger partial charge is 0.361 e. The first-order valence-electron chi connectivity index (χ1n) is 3.89. The van der Waals surface area contributed by atoms with Gasteiger partial charge in [-0.15, -0.1) is 0 Å². The molecule has 0 amide bonds. The molecule has 0 N–H and O–H groups in total. The van der Waals surface area contributed by atoms with Gasteiger partial charge in [0, 0.05) is 5.39 Å². The summed E-state index contributed by atoms with van der Waals surface area (Å²) in [6.07, 6.45) is 0.875. The van der Waals surface area contributed by atoms with Gasteiger partial charge in [-0.1, -0.05) is 18.2 Å². The molecule has 2 aromatic rings. The summed E-state index contributed by atoms with van der Waals surface area (Å²) in [7, 11) is 0.